The number of thioether (sulfide) groups is 1. The zero-order chi connectivity index (χ0) is 17.3. The lowest BCUT2D eigenvalue weighted by Gasteiger charge is -2.23. The molecule has 0 saturated heterocycles. The lowest BCUT2D eigenvalue weighted by atomic mass is 10.1. The van der Waals surface area contributed by atoms with Gasteiger partial charge in [-0.15, -0.1) is 0 Å². The van der Waals surface area contributed by atoms with E-state index >= 15 is 0 Å². The van der Waals surface area contributed by atoms with Gasteiger partial charge in [-0.05, 0) is 37.1 Å². The number of nitrogen functional groups attached to an aromatic ring is 1. The lowest BCUT2D eigenvalue weighted by Crippen LogP contribution is -2.36. The molecule has 0 aromatic heterocycles. The Morgan fingerprint density at radius 2 is 1.91 bits per heavy atom. The molecule has 0 aliphatic carbocycles. The molecule has 4 N–H and O–H groups in total. The summed E-state index contributed by atoms with van der Waals surface area (Å²) in [6, 6.07) is 7.35. The highest BCUT2D eigenvalue weighted by Gasteiger charge is 2.16. The molecular weight excluding hydrogens is 306 g/mol. The number of para-hydroxylation sites is 2. The van der Waals surface area contributed by atoms with Crippen molar-refractivity contribution in [2.45, 2.75) is 57.6 Å². The van der Waals surface area contributed by atoms with Crippen molar-refractivity contribution >= 4 is 29.0 Å². The smallest absolute Gasteiger partial charge is 0.228 e. The summed E-state index contributed by atoms with van der Waals surface area (Å²) in [5.41, 5.74) is 13.0. The summed E-state index contributed by atoms with van der Waals surface area (Å²) < 4.78 is 0.358. The van der Waals surface area contributed by atoms with Crippen LogP contribution < -0.4 is 16.4 Å². The van der Waals surface area contributed by atoms with Crippen molar-refractivity contribution < 1.29 is 4.79 Å². The number of hydrogen-bond donors (Lipinski definition) is 2. The Balaban J connectivity index is 2.34. The molecule has 0 bridgehead atoms. The van der Waals surface area contributed by atoms with Gasteiger partial charge in [0.25, 0.3) is 0 Å². The Labute approximate surface area is 145 Å². The van der Waals surface area contributed by atoms with Crippen molar-refractivity contribution in [1.29, 1.82) is 0 Å². The van der Waals surface area contributed by atoms with Crippen molar-refractivity contribution in [2.24, 2.45) is 5.73 Å². The second-order valence-corrected chi connectivity index (χ2v) is 8.14. The third-order valence-electron chi connectivity index (χ3n) is 4.09. The molecule has 0 aliphatic rings. The first-order chi connectivity index (χ1) is 10.9. The molecule has 0 saturated carbocycles. The molecule has 0 heterocycles. The van der Waals surface area contributed by atoms with Crippen molar-refractivity contribution in [3.05, 3.63) is 24.3 Å². The third-order valence-corrected chi connectivity index (χ3v) is 5.65. The minimum absolute atomic E-state index is 0.0481. The fourth-order valence-electron chi connectivity index (χ4n) is 2.21. The highest BCUT2D eigenvalue weighted by molar-refractivity contribution is 8.00. The van der Waals surface area contributed by atoms with E-state index in [1.54, 1.807) is 11.0 Å². The first-order valence-electron chi connectivity index (χ1n) is 8.40. The fraction of sp³-hybridized carbons (Fsp3) is 0.611. The van der Waals surface area contributed by atoms with Crippen molar-refractivity contribution in [3.8, 4) is 0 Å². The van der Waals surface area contributed by atoms with E-state index in [9.17, 15) is 4.79 Å². The normalized spacial score (nSPS) is 11.5. The summed E-state index contributed by atoms with van der Waals surface area (Å²) in [6.45, 7) is 6.95. The molecule has 0 spiro atoms. The maximum absolute atomic E-state index is 12.4. The van der Waals surface area contributed by atoms with Gasteiger partial charge in [0, 0.05) is 11.2 Å². The number of carbonyl (C=O) groups excluding carboxylic acids is 1. The van der Waals surface area contributed by atoms with Crippen molar-refractivity contribution in [3.63, 3.8) is 0 Å². The monoisotopic (exact) mass is 337 g/mol. The average Bonchev–Trinajstić information content (AvgIpc) is 2.53. The molecule has 1 amide bonds. The van der Waals surface area contributed by atoms with Crippen LogP contribution in [0.4, 0.5) is 11.4 Å². The van der Waals surface area contributed by atoms with E-state index in [4.69, 9.17) is 11.5 Å². The predicted molar refractivity (Wildman–Crippen MR) is 103 cm³/mol. The number of nitrogens with two attached hydrogens (primary N) is 2. The number of hydrogen-bond acceptors (Lipinski definition) is 4. The van der Waals surface area contributed by atoms with Crippen LogP contribution in [0.25, 0.3) is 0 Å². The molecule has 23 heavy (non-hydrogen) atoms. The maximum Gasteiger partial charge on any atom is 0.228 e. The van der Waals surface area contributed by atoms with Crippen LogP contribution in [-0.2, 0) is 4.79 Å². The molecule has 1 aromatic carbocycles. The number of anilines is 2. The molecule has 4 nitrogen and oxygen atoms in total. The van der Waals surface area contributed by atoms with E-state index in [1.807, 2.05) is 30.0 Å². The number of carbonyl (C=O) groups is 1. The van der Waals surface area contributed by atoms with Gasteiger partial charge in [-0.3, -0.25) is 9.69 Å². The quantitative estimate of drug-likeness (QED) is 0.384. The summed E-state index contributed by atoms with van der Waals surface area (Å²) in [6.07, 6.45) is 4.82. The highest BCUT2D eigenvalue weighted by Crippen LogP contribution is 2.28. The Morgan fingerprint density at radius 1 is 1.22 bits per heavy atom. The maximum atomic E-state index is 12.4. The predicted octanol–water partition coefficient (Wildman–Crippen LogP) is 4.00. The number of rotatable bonds is 10. The minimum atomic E-state index is 0.0481. The van der Waals surface area contributed by atoms with Gasteiger partial charge in [-0.25, -0.2) is 0 Å². The first-order valence-corrected chi connectivity index (χ1v) is 9.38. The topological polar surface area (TPSA) is 72.3 Å². The van der Waals surface area contributed by atoms with E-state index in [2.05, 4.69) is 20.8 Å². The standard InChI is InChI=1S/C18H31N3OS/c1-4-18(2,3)23-13-9-5-6-12-17(22)21(14-19)16-11-8-7-10-15(16)20/h7-8,10-11H,4-6,9,12-14,19-20H2,1-3H3. The van der Waals surface area contributed by atoms with E-state index in [-0.39, 0.29) is 12.6 Å². The highest BCUT2D eigenvalue weighted by atomic mass is 32.2. The van der Waals surface area contributed by atoms with Gasteiger partial charge in [0.05, 0.1) is 18.0 Å². The van der Waals surface area contributed by atoms with E-state index < -0.39 is 0 Å². The Morgan fingerprint density at radius 3 is 2.52 bits per heavy atom. The molecule has 5 heteroatoms. The molecule has 1 aromatic rings. The summed E-state index contributed by atoms with van der Waals surface area (Å²) in [5, 5.41) is 0. The molecule has 0 atom stereocenters. The Bertz CT molecular complexity index is 491. The van der Waals surface area contributed by atoms with E-state index in [1.165, 1.54) is 6.42 Å². The number of benzene rings is 1. The van der Waals surface area contributed by atoms with Crippen LogP contribution in [0.3, 0.4) is 0 Å². The average molecular weight is 338 g/mol. The molecule has 130 valence electrons. The lowest BCUT2D eigenvalue weighted by molar-refractivity contribution is -0.118. The SMILES string of the molecule is CCC(C)(C)SCCCCCC(=O)N(CN)c1ccccc1N. The number of nitrogens with zero attached hydrogens (tertiary/aromatic N) is 1. The van der Waals surface area contributed by atoms with Crippen molar-refractivity contribution in [2.75, 3.05) is 23.1 Å². The zero-order valence-corrected chi connectivity index (χ0v) is 15.5. The third kappa shape index (κ3) is 6.83. The van der Waals surface area contributed by atoms with E-state index in [0.29, 0.717) is 22.5 Å². The van der Waals surface area contributed by atoms with Gasteiger partial charge in [-0.1, -0.05) is 39.3 Å². The summed E-state index contributed by atoms with van der Waals surface area (Å²) in [7, 11) is 0. The molecule has 1 rings (SSSR count). The van der Waals surface area contributed by atoms with Gasteiger partial charge in [-0.2, -0.15) is 11.8 Å². The van der Waals surface area contributed by atoms with Gasteiger partial charge in [0.1, 0.15) is 0 Å². The number of amides is 1. The summed E-state index contributed by atoms with van der Waals surface area (Å²) >= 11 is 2.02. The van der Waals surface area contributed by atoms with Crippen LogP contribution in [0.2, 0.25) is 0 Å². The minimum Gasteiger partial charge on any atom is -0.397 e. The number of unbranched alkanes of at least 4 members (excludes halogenated alkanes) is 2. The van der Waals surface area contributed by atoms with Crippen LogP contribution in [0.5, 0.6) is 0 Å². The summed E-state index contributed by atoms with van der Waals surface area (Å²) in [5.74, 6) is 1.20. The van der Waals surface area contributed by atoms with E-state index in [0.717, 1.165) is 25.0 Å². The second-order valence-electron chi connectivity index (χ2n) is 6.34. The van der Waals surface area contributed by atoms with Crippen molar-refractivity contribution in [1.82, 2.24) is 0 Å². The van der Waals surface area contributed by atoms with Crippen LogP contribution in [0.1, 0.15) is 52.9 Å². The zero-order valence-electron chi connectivity index (χ0n) is 14.7. The molecule has 0 fully saturated rings. The molecule has 0 radical (unpaired) electrons. The van der Waals surface area contributed by atoms with Gasteiger partial charge in [0.15, 0.2) is 0 Å². The van der Waals surface area contributed by atoms with Crippen LogP contribution in [-0.4, -0.2) is 23.1 Å². The largest absolute Gasteiger partial charge is 0.397 e. The van der Waals surface area contributed by atoms with Crippen LogP contribution in [0.15, 0.2) is 24.3 Å². The molecule has 0 unspecified atom stereocenters. The van der Waals surface area contributed by atoms with Crippen LogP contribution >= 0.6 is 11.8 Å². The van der Waals surface area contributed by atoms with Gasteiger partial charge < -0.3 is 11.5 Å². The van der Waals surface area contributed by atoms with Gasteiger partial charge >= 0.3 is 0 Å². The van der Waals surface area contributed by atoms with Gasteiger partial charge in [0.2, 0.25) is 5.91 Å². The molecule has 0 aliphatic heterocycles. The fourth-order valence-corrected chi connectivity index (χ4v) is 3.31. The first kappa shape index (κ1) is 19.8. The second kappa shape index (κ2) is 9.83. The Kier molecular flexibility index (Phi) is 8.48. The Hall–Kier alpha value is -1.20. The van der Waals surface area contributed by atoms with Crippen LogP contribution in [0, 0.1) is 0 Å². The molecular formula is C18H31N3OS. The summed E-state index contributed by atoms with van der Waals surface area (Å²) in [4.78, 5) is 13.9.